The molecule has 4 heterocycles. The summed E-state index contributed by atoms with van der Waals surface area (Å²) in [4.78, 5) is 17.1. The van der Waals surface area contributed by atoms with Crippen molar-refractivity contribution < 1.29 is 4.79 Å². The molecule has 4 fully saturated rings. The first-order valence-electron chi connectivity index (χ1n) is 5.20. The molecule has 4 rings (SSSR count). The van der Waals surface area contributed by atoms with Gasteiger partial charge in [0.1, 0.15) is 4.32 Å². The van der Waals surface area contributed by atoms with Gasteiger partial charge in [-0.3, -0.25) is 14.6 Å². The topological polar surface area (TPSA) is 23.6 Å². The second kappa shape index (κ2) is 2.60. The highest BCUT2D eigenvalue weighted by molar-refractivity contribution is 9.10. The molecule has 0 aromatic carbocycles. The van der Waals surface area contributed by atoms with Crippen LogP contribution in [0.15, 0.2) is 0 Å². The molecule has 4 aliphatic rings. The van der Waals surface area contributed by atoms with Crippen molar-refractivity contribution in [2.24, 2.45) is 5.41 Å². The molecule has 4 aliphatic heterocycles. The summed E-state index contributed by atoms with van der Waals surface area (Å²) < 4.78 is -0.269. The van der Waals surface area contributed by atoms with Gasteiger partial charge in [0.2, 0.25) is 0 Å². The molecule has 4 bridgehead atoms. The Balaban J connectivity index is 2.09. The lowest BCUT2D eigenvalue weighted by Crippen LogP contribution is -2.67. The number of Topliss-reactive ketones (excluding diaryl/α,β-unsaturated/α-hetero) is 1. The first-order valence-corrected chi connectivity index (χ1v) is 6.00. The Morgan fingerprint density at radius 2 is 1.64 bits per heavy atom. The Bertz CT molecular complexity index is 264. The van der Waals surface area contributed by atoms with Gasteiger partial charge in [0.25, 0.3) is 0 Å². The smallest absolute Gasteiger partial charge is 0.160 e. The lowest BCUT2D eigenvalue weighted by Gasteiger charge is -2.50. The third-order valence-electron chi connectivity index (χ3n) is 3.78. The van der Waals surface area contributed by atoms with E-state index in [0.717, 1.165) is 39.3 Å². The molecule has 0 saturated carbocycles. The zero-order valence-electron chi connectivity index (χ0n) is 8.42. The van der Waals surface area contributed by atoms with E-state index in [1.54, 1.807) is 0 Å². The van der Waals surface area contributed by atoms with E-state index < -0.39 is 0 Å². The fourth-order valence-electron chi connectivity index (χ4n) is 3.33. The van der Waals surface area contributed by atoms with E-state index >= 15 is 0 Å². The van der Waals surface area contributed by atoms with Crippen molar-refractivity contribution in [1.29, 1.82) is 0 Å². The summed E-state index contributed by atoms with van der Waals surface area (Å²) in [5, 5.41) is 0. The first kappa shape index (κ1) is 9.31. The van der Waals surface area contributed by atoms with Gasteiger partial charge in [-0.1, -0.05) is 22.9 Å². The van der Waals surface area contributed by atoms with Crippen LogP contribution in [0, 0.1) is 5.41 Å². The number of ketones is 1. The van der Waals surface area contributed by atoms with E-state index in [9.17, 15) is 4.79 Å². The van der Waals surface area contributed by atoms with Crippen LogP contribution in [0.2, 0.25) is 0 Å². The van der Waals surface area contributed by atoms with Crippen molar-refractivity contribution in [3.63, 3.8) is 0 Å². The third-order valence-corrected chi connectivity index (χ3v) is 4.64. The zero-order valence-corrected chi connectivity index (χ0v) is 10.0. The molecule has 0 aromatic rings. The lowest BCUT2D eigenvalue weighted by molar-refractivity contribution is -0.139. The van der Waals surface area contributed by atoms with Gasteiger partial charge in [0.05, 0.1) is 5.41 Å². The Kier molecular flexibility index (Phi) is 1.73. The highest BCUT2D eigenvalue weighted by Crippen LogP contribution is 2.43. The summed E-state index contributed by atoms with van der Waals surface area (Å²) in [5.74, 6) is 0.430. The van der Waals surface area contributed by atoms with Crippen molar-refractivity contribution >= 4 is 21.7 Å². The maximum atomic E-state index is 12.3. The predicted octanol–water partition coefficient (Wildman–Crippen LogP) is 0.340. The second-order valence-corrected chi connectivity index (χ2v) is 6.79. The van der Waals surface area contributed by atoms with Crippen LogP contribution in [-0.2, 0) is 4.79 Å². The minimum absolute atomic E-state index is 0.128. The van der Waals surface area contributed by atoms with Gasteiger partial charge in [-0.05, 0) is 0 Å². The fraction of sp³-hybridized carbons (Fsp3) is 0.900. The number of hydrogen-bond donors (Lipinski definition) is 0. The largest absolute Gasteiger partial charge is 0.299 e. The van der Waals surface area contributed by atoms with Crippen LogP contribution >= 0.6 is 15.9 Å². The summed E-state index contributed by atoms with van der Waals surface area (Å²) >= 11 is 3.68. The van der Waals surface area contributed by atoms with E-state index in [1.165, 1.54) is 0 Å². The van der Waals surface area contributed by atoms with Crippen molar-refractivity contribution in [3.8, 4) is 0 Å². The highest BCUT2D eigenvalue weighted by atomic mass is 79.9. The average Bonchev–Trinajstić information content (AvgIpc) is 2.28. The van der Waals surface area contributed by atoms with Crippen LogP contribution in [0.25, 0.3) is 0 Å². The van der Waals surface area contributed by atoms with Crippen molar-refractivity contribution in [2.45, 2.75) is 11.2 Å². The summed E-state index contributed by atoms with van der Waals surface area (Å²) in [7, 11) is 0. The first-order chi connectivity index (χ1) is 6.52. The van der Waals surface area contributed by atoms with Crippen LogP contribution in [0.4, 0.5) is 0 Å². The van der Waals surface area contributed by atoms with Gasteiger partial charge in [-0.2, -0.15) is 0 Å². The molecule has 4 heteroatoms. The number of halogens is 1. The van der Waals surface area contributed by atoms with Crippen LogP contribution in [-0.4, -0.2) is 59.2 Å². The second-order valence-electron chi connectivity index (χ2n) is 5.28. The summed E-state index contributed by atoms with van der Waals surface area (Å²) in [5.41, 5.74) is -0.128. The zero-order chi connectivity index (χ0) is 9.97. The number of piperidine rings is 2. The Labute approximate surface area is 92.6 Å². The van der Waals surface area contributed by atoms with Crippen molar-refractivity contribution in [1.82, 2.24) is 9.80 Å². The molecule has 2 atom stereocenters. The Hall–Kier alpha value is 0.0700. The molecule has 3 nitrogen and oxygen atoms in total. The number of fused-ring (bicyclic) bond motifs is 1. The molecule has 0 spiro atoms. The molecular formula is C10H15BrN2O. The van der Waals surface area contributed by atoms with E-state index in [2.05, 4.69) is 32.7 Å². The SMILES string of the molecule is CC12CN3CCN(C1)CC(Br)(C3)C2=O. The Morgan fingerprint density at radius 1 is 1.14 bits per heavy atom. The quantitative estimate of drug-likeness (QED) is 0.586. The number of carbonyl (C=O) groups is 1. The minimum atomic E-state index is -0.269. The van der Waals surface area contributed by atoms with Crippen LogP contribution < -0.4 is 0 Å². The molecule has 4 saturated heterocycles. The van der Waals surface area contributed by atoms with Crippen LogP contribution in [0.3, 0.4) is 0 Å². The van der Waals surface area contributed by atoms with Crippen molar-refractivity contribution in [2.75, 3.05) is 39.3 Å². The molecule has 0 amide bonds. The van der Waals surface area contributed by atoms with E-state index in [4.69, 9.17) is 0 Å². The normalized spacial score (nSPS) is 56.3. The van der Waals surface area contributed by atoms with Gasteiger partial charge in [-0.15, -0.1) is 0 Å². The molecular weight excluding hydrogens is 244 g/mol. The van der Waals surface area contributed by atoms with Crippen LogP contribution in [0.1, 0.15) is 6.92 Å². The monoisotopic (exact) mass is 258 g/mol. The standard InChI is InChI=1S/C10H15BrN2O/c1-9-4-12-2-3-13(5-9)7-10(11,6-12)8(9)14/h2-7H2,1H3. The van der Waals surface area contributed by atoms with Gasteiger partial charge in [0.15, 0.2) is 5.78 Å². The third kappa shape index (κ3) is 1.08. The maximum absolute atomic E-state index is 12.3. The molecule has 2 unspecified atom stereocenters. The number of rotatable bonds is 0. The summed E-state index contributed by atoms with van der Waals surface area (Å²) in [6.07, 6.45) is 0. The van der Waals surface area contributed by atoms with E-state index in [0.29, 0.717) is 5.78 Å². The summed E-state index contributed by atoms with van der Waals surface area (Å²) in [6.45, 7) is 8.07. The van der Waals surface area contributed by atoms with Gasteiger partial charge in [0, 0.05) is 39.3 Å². The lowest BCUT2D eigenvalue weighted by atomic mass is 9.72. The highest BCUT2D eigenvalue weighted by Gasteiger charge is 2.58. The molecule has 0 N–H and O–H groups in total. The van der Waals surface area contributed by atoms with E-state index in [-0.39, 0.29) is 9.74 Å². The fourth-order valence-corrected chi connectivity index (χ4v) is 4.52. The van der Waals surface area contributed by atoms with Gasteiger partial charge < -0.3 is 0 Å². The summed E-state index contributed by atoms with van der Waals surface area (Å²) in [6, 6.07) is 0. The molecule has 14 heavy (non-hydrogen) atoms. The molecule has 78 valence electrons. The van der Waals surface area contributed by atoms with Gasteiger partial charge >= 0.3 is 0 Å². The molecule has 0 aromatic heterocycles. The number of hydrogen-bond acceptors (Lipinski definition) is 3. The number of alkyl halides is 1. The number of carbonyl (C=O) groups excluding carboxylic acids is 1. The van der Waals surface area contributed by atoms with Crippen molar-refractivity contribution in [3.05, 3.63) is 0 Å². The van der Waals surface area contributed by atoms with Crippen LogP contribution in [0.5, 0.6) is 0 Å². The van der Waals surface area contributed by atoms with Gasteiger partial charge in [-0.25, -0.2) is 0 Å². The minimum Gasteiger partial charge on any atom is -0.299 e. The molecule has 0 aliphatic carbocycles. The molecule has 0 radical (unpaired) electrons. The maximum Gasteiger partial charge on any atom is 0.160 e. The van der Waals surface area contributed by atoms with E-state index in [1.807, 2.05) is 0 Å². The average molecular weight is 259 g/mol. The Morgan fingerprint density at radius 3 is 2.07 bits per heavy atom. The number of nitrogens with zero attached hydrogens (tertiary/aromatic N) is 2. The predicted molar refractivity (Wildman–Crippen MR) is 57.7 cm³/mol.